The molecule has 5 nitrogen and oxygen atoms in total. The summed E-state index contributed by atoms with van der Waals surface area (Å²) in [6.45, 7) is 9.96. The minimum atomic E-state index is -0.231. The van der Waals surface area contributed by atoms with Gasteiger partial charge in [-0.25, -0.2) is 0 Å². The summed E-state index contributed by atoms with van der Waals surface area (Å²) in [6, 6.07) is 5.64. The number of carbonyl (C=O) groups is 1. The molecule has 1 amide bonds. The van der Waals surface area contributed by atoms with E-state index in [4.69, 9.17) is 15.2 Å². The quantitative estimate of drug-likeness (QED) is 0.675. The first kappa shape index (κ1) is 21.9. The molecular weight excluding hydrogens is 316 g/mol. The number of nitrogens with two attached hydrogens (primary N) is 1. The van der Waals surface area contributed by atoms with Gasteiger partial charge in [0.05, 0.1) is 25.7 Å². The van der Waals surface area contributed by atoms with E-state index >= 15 is 0 Å². The van der Waals surface area contributed by atoms with Gasteiger partial charge in [0.2, 0.25) is 5.91 Å². The van der Waals surface area contributed by atoms with E-state index in [1.165, 1.54) is 0 Å². The first-order valence-corrected chi connectivity index (χ1v) is 7.77. The summed E-state index contributed by atoms with van der Waals surface area (Å²) in [4.78, 5) is 12.1. The number of halogens is 1. The van der Waals surface area contributed by atoms with Crippen molar-refractivity contribution in [2.75, 3.05) is 25.1 Å². The Morgan fingerprint density at radius 1 is 1.26 bits per heavy atom. The van der Waals surface area contributed by atoms with Crippen LogP contribution in [0.15, 0.2) is 18.2 Å². The number of hydrogen-bond acceptors (Lipinski definition) is 4. The molecule has 1 aromatic carbocycles. The van der Waals surface area contributed by atoms with Gasteiger partial charge >= 0.3 is 0 Å². The van der Waals surface area contributed by atoms with Crippen LogP contribution in [0, 0.1) is 12.8 Å². The summed E-state index contributed by atoms with van der Waals surface area (Å²) in [5, 5.41) is 2.94. The Labute approximate surface area is 145 Å². The number of hydrogen-bond donors (Lipinski definition) is 2. The fourth-order valence-corrected chi connectivity index (χ4v) is 1.90. The monoisotopic (exact) mass is 344 g/mol. The molecule has 2 unspecified atom stereocenters. The highest BCUT2D eigenvalue weighted by atomic mass is 35.5. The Hall–Kier alpha value is -1.14. The smallest absolute Gasteiger partial charge is 0.228 e. The van der Waals surface area contributed by atoms with Crippen LogP contribution < -0.4 is 11.1 Å². The van der Waals surface area contributed by atoms with Gasteiger partial charge in [0.1, 0.15) is 0 Å². The molecule has 0 fully saturated rings. The maximum atomic E-state index is 12.1. The molecular formula is C17H29ClN2O3. The highest BCUT2D eigenvalue weighted by Gasteiger charge is 2.18. The summed E-state index contributed by atoms with van der Waals surface area (Å²) < 4.78 is 10.8. The van der Waals surface area contributed by atoms with Crippen molar-refractivity contribution >= 4 is 24.0 Å². The molecule has 1 aromatic rings. The third-order valence-corrected chi connectivity index (χ3v) is 3.74. The molecule has 0 aliphatic rings. The summed E-state index contributed by atoms with van der Waals surface area (Å²) in [6.07, 6.45) is 0. The van der Waals surface area contributed by atoms with E-state index in [1.807, 2.05) is 45.9 Å². The molecule has 1 rings (SSSR count). The summed E-state index contributed by atoms with van der Waals surface area (Å²) in [5.41, 5.74) is 8.66. The van der Waals surface area contributed by atoms with Crippen LogP contribution >= 0.6 is 12.4 Å². The molecule has 0 heterocycles. The van der Waals surface area contributed by atoms with Crippen LogP contribution in [-0.4, -0.2) is 31.8 Å². The molecule has 0 aliphatic heterocycles. The minimum Gasteiger partial charge on any atom is -0.379 e. The maximum absolute atomic E-state index is 12.1. The molecule has 0 saturated heterocycles. The third kappa shape index (κ3) is 7.31. The predicted molar refractivity (Wildman–Crippen MR) is 96.0 cm³/mol. The molecule has 0 aromatic heterocycles. The molecule has 23 heavy (non-hydrogen) atoms. The zero-order chi connectivity index (χ0) is 16.5. The van der Waals surface area contributed by atoms with E-state index in [-0.39, 0.29) is 30.3 Å². The van der Waals surface area contributed by atoms with Gasteiger partial charge in [0.25, 0.3) is 0 Å². The summed E-state index contributed by atoms with van der Waals surface area (Å²) in [7, 11) is 0. The topological polar surface area (TPSA) is 73.6 Å². The van der Waals surface area contributed by atoms with Crippen LogP contribution in [0.5, 0.6) is 0 Å². The first-order valence-electron chi connectivity index (χ1n) is 7.77. The highest BCUT2D eigenvalue weighted by Crippen LogP contribution is 2.20. The number of nitrogens with one attached hydrogen (secondary N) is 1. The molecule has 3 N–H and O–H groups in total. The van der Waals surface area contributed by atoms with Crippen molar-refractivity contribution in [1.29, 1.82) is 0 Å². The van der Waals surface area contributed by atoms with Gasteiger partial charge in [-0.2, -0.15) is 0 Å². The molecule has 132 valence electrons. The Bertz CT molecular complexity index is 481. The second kappa shape index (κ2) is 11.4. The number of amides is 1. The fourth-order valence-electron chi connectivity index (χ4n) is 1.90. The lowest BCUT2D eigenvalue weighted by Crippen LogP contribution is -2.34. The largest absolute Gasteiger partial charge is 0.379 e. The van der Waals surface area contributed by atoms with Gasteiger partial charge in [-0.15, -0.1) is 12.4 Å². The molecule has 6 heteroatoms. The van der Waals surface area contributed by atoms with Gasteiger partial charge in [-0.05, 0) is 38.0 Å². The van der Waals surface area contributed by atoms with Crippen LogP contribution in [0.4, 0.5) is 5.69 Å². The van der Waals surface area contributed by atoms with E-state index < -0.39 is 0 Å². The van der Waals surface area contributed by atoms with Crippen molar-refractivity contribution < 1.29 is 14.3 Å². The number of carbonyl (C=O) groups excluding carboxylic acids is 1. The molecule has 0 radical (unpaired) electrons. The Morgan fingerprint density at radius 3 is 2.52 bits per heavy atom. The second-order valence-electron chi connectivity index (χ2n) is 5.48. The van der Waals surface area contributed by atoms with E-state index in [0.29, 0.717) is 26.4 Å². The Morgan fingerprint density at radius 2 is 1.91 bits per heavy atom. The van der Waals surface area contributed by atoms with E-state index in [9.17, 15) is 4.79 Å². The van der Waals surface area contributed by atoms with E-state index in [2.05, 4.69) is 5.32 Å². The SMILES string of the molecule is CCOCCOCc1cccc(NC(=O)C(C)C(C)N)c1C.Cl. The summed E-state index contributed by atoms with van der Waals surface area (Å²) >= 11 is 0. The lowest BCUT2D eigenvalue weighted by molar-refractivity contribution is -0.119. The second-order valence-corrected chi connectivity index (χ2v) is 5.48. The predicted octanol–water partition coefficient (Wildman–Crippen LogP) is 2.89. The normalized spacial score (nSPS) is 13.1. The van der Waals surface area contributed by atoms with Crippen LogP contribution in [-0.2, 0) is 20.9 Å². The van der Waals surface area contributed by atoms with Crippen LogP contribution in [0.25, 0.3) is 0 Å². The van der Waals surface area contributed by atoms with Gasteiger partial charge in [-0.3, -0.25) is 4.79 Å². The van der Waals surface area contributed by atoms with Crippen molar-refractivity contribution in [3.8, 4) is 0 Å². The molecule has 0 aliphatic carbocycles. The Balaban J connectivity index is 0.00000484. The summed E-state index contributed by atoms with van der Waals surface area (Å²) in [5.74, 6) is -0.294. The van der Waals surface area contributed by atoms with Gasteiger partial charge < -0.3 is 20.5 Å². The van der Waals surface area contributed by atoms with Crippen molar-refractivity contribution in [2.45, 2.75) is 40.3 Å². The van der Waals surface area contributed by atoms with E-state index in [1.54, 1.807) is 0 Å². The minimum absolute atomic E-state index is 0. The molecule has 0 saturated carbocycles. The first-order chi connectivity index (χ1) is 10.5. The fraction of sp³-hybridized carbons (Fsp3) is 0.588. The number of benzene rings is 1. The molecule has 0 spiro atoms. The average molecular weight is 345 g/mol. The van der Waals surface area contributed by atoms with Gasteiger partial charge in [0, 0.05) is 18.3 Å². The maximum Gasteiger partial charge on any atom is 0.228 e. The van der Waals surface area contributed by atoms with Crippen molar-refractivity contribution in [2.24, 2.45) is 11.7 Å². The van der Waals surface area contributed by atoms with Crippen LogP contribution in [0.1, 0.15) is 31.9 Å². The van der Waals surface area contributed by atoms with Gasteiger partial charge in [-0.1, -0.05) is 19.1 Å². The highest BCUT2D eigenvalue weighted by molar-refractivity contribution is 5.93. The lowest BCUT2D eigenvalue weighted by atomic mass is 10.0. The van der Waals surface area contributed by atoms with Crippen molar-refractivity contribution in [3.63, 3.8) is 0 Å². The Kier molecular flexibility index (Phi) is 10.8. The standard InChI is InChI=1S/C17H28N2O3.ClH/c1-5-21-9-10-22-11-15-7-6-8-16(13(15)3)19-17(20)12(2)14(4)18;/h6-8,12,14H,5,9-11,18H2,1-4H3,(H,19,20);1H. The van der Waals surface area contributed by atoms with Gasteiger partial charge in [0.15, 0.2) is 0 Å². The number of ether oxygens (including phenoxy) is 2. The van der Waals surface area contributed by atoms with Crippen LogP contribution in [0.2, 0.25) is 0 Å². The van der Waals surface area contributed by atoms with Crippen molar-refractivity contribution in [3.05, 3.63) is 29.3 Å². The average Bonchev–Trinajstić information content (AvgIpc) is 2.49. The van der Waals surface area contributed by atoms with E-state index in [0.717, 1.165) is 16.8 Å². The lowest BCUT2D eigenvalue weighted by Gasteiger charge is -2.17. The molecule has 0 bridgehead atoms. The number of anilines is 1. The molecule has 2 atom stereocenters. The number of rotatable bonds is 9. The van der Waals surface area contributed by atoms with Crippen LogP contribution in [0.3, 0.4) is 0 Å². The zero-order valence-electron chi connectivity index (χ0n) is 14.4. The van der Waals surface area contributed by atoms with Crippen molar-refractivity contribution in [1.82, 2.24) is 0 Å². The zero-order valence-corrected chi connectivity index (χ0v) is 15.2. The third-order valence-electron chi connectivity index (χ3n) is 3.74.